The number of amides is 1. The van der Waals surface area contributed by atoms with Crippen molar-refractivity contribution in [2.24, 2.45) is 0 Å². The molecule has 13 heavy (non-hydrogen) atoms. The van der Waals surface area contributed by atoms with Crippen molar-refractivity contribution in [1.29, 1.82) is 0 Å². The summed E-state index contributed by atoms with van der Waals surface area (Å²) in [4.78, 5) is 14.9. The molecule has 0 saturated carbocycles. The lowest BCUT2D eigenvalue weighted by Crippen LogP contribution is -2.05. The van der Waals surface area contributed by atoms with Crippen LogP contribution in [0.4, 0.5) is 5.82 Å². The molecule has 1 N–H and O–H groups in total. The van der Waals surface area contributed by atoms with Crippen LogP contribution in [0.5, 0.6) is 0 Å². The summed E-state index contributed by atoms with van der Waals surface area (Å²) in [5, 5.41) is 2.61. The van der Waals surface area contributed by atoms with Crippen molar-refractivity contribution in [2.45, 2.75) is 6.92 Å². The number of carbonyl (C=O) groups is 1. The van der Waals surface area contributed by atoms with Crippen molar-refractivity contribution in [1.82, 2.24) is 9.38 Å². The molecule has 2 heterocycles. The van der Waals surface area contributed by atoms with Crippen molar-refractivity contribution in [2.75, 3.05) is 5.32 Å². The SMILES string of the molecule is CC(=O)Nc1cn2c[c]ccc2n1. The molecule has 4 nitrogen and oxygen atoms in total. The van der Waals surface area contributed by atoms with Crippen molar-refractivity contribution < 1.29 is 4.79 Å². The molecule has 2 aromatic heterocycles. The molecule has 0 fully saturated rings. The number of rotatable bonds is 1. The predicted octanol–water partition coefficient (Wildman–Crippen LogP) is 1.09. The molecule has 0 bridgehead atoms. The zero-order valence-corrected chi connectivity index (χ0v) is 7.11. The molecule has 0 atom stereocenters. The molecule has 65 valence electrons. The maximum Gasteiger partial charge on any atom is 0.222 e. The van der Waals surface area contributed by atoms with Gasteiger partial charge in [-0.15, -0.1) is 0 Å². The van der Waals surface area contributed by atoms with E-state index in [9.17, 15) is 4.79 Å². The van der Waals surface area contributed by atoms with E-state index in [-0.39, 0.29) is 5.91 Å². The van der Waals surface area contributed by atoms with E-state index in [2.05, 4.69) is 16.4 Å². The molecule has 4 heteroatoms. The van der Waals surface area contributed by atoms with Crippen LogP contribution in [-0.2, 0) is 4.79 Å². The molecular formula is C9H8N3O. The number of nitrogens with one attached hydrogen (secondary N) is 1. The number of hydrogen-bond acceptors (Lipinski definition) is 2. The lowest BCUT2D eigenvalue weighted by molar-refractivity contribution is -0.114. The second kappa shape index (κ2) is 2.90. The Morgan fingerprint density at radius 1 is 1.69 bits per heavy atom. The Hall–Kier alpha value is -1.84. The van der Waals surface area contributed by atoms with Crippen LogP contribution in [0.15, 0.2) is 24.5 Å². The Balaban J connectivity index is 2.44. The van der Waals surface area contributed by atoms with Crippen LogP contribution < -0.4 is 5.32 Å². The number of hydrogen-bond donors (Lipinski definition) is 1. The van der Waals surface area contributed by atoms with Gasteiger partial charge in [0.25, 0.3) is 0 Å². The molecule has 0 aromatic carbocycles. The lowest BCUT2D eigenvalue weighted by Gasteiger charge is -1.91. The molecule has 1 amide bonds. The van der Waals surface area contributed by atoms with E-state index >= 15 is 0 Å². The first kappa shape index (κ1) is 7.79. The molecule has 2 rings (SSSR count). The summed E-state index contributed by atoms with van der Waals surface area (Å²) in [7, 11) is 0. The molecule has 0 spiro atoms. The molecule has 0 saturated heterocycles. The van der Waals surface area contributed by atoms with Crippen LogP contribution in [0.1, 0.15) is 6.92 Å². The Kier molecular flexibility index (Phi) is 1.73. The van der Waals surface area contributed by atoms with Gasteiger partial charge in [-0.25, -0.2) is 4.98 Å². The normalized spacial score (nSPS) is 10.2. The number of imidazole rings is 1. The van der Waals surface area contributed by atoms with E-state index in [1.807, 2.05) is 6.07 Å². The summed E-state index contributed by atoms with van der Waals surface area (Å²) in [6.07, 6.45) is 3.50. The minimum atomic E-state index is -0.118. The molecular weight excluding hydrogens is 166 g/mol. The van der Waals surface area contributed by atoms with Crippen LogP contribution in [0, 0.1) is 6.07 Å². The Bertz CT molecular complexity index is 414. The molecule has 0 aliphatic rings. The van der Waals surface area contributed by atoms with Gasteiger partial charge in [-0.2, -0.15) is 0 Å². The van der Waals surface area contributed by atoms with Gasteiger partial charge in [0.15, 0.2) is 5.82 Å². The van der Waals surface area contributed by atoms with Gasteiger partial charge in [0.2, 0.25) is 5.91 Å². The van der Waals surface area contributed by atoms with Crippen LogP contribution in [0.25, 0.3) is 5.65 Å². The van der Waals surface area contributed by atoms with Gasteiger partial charge in [0.05, 0.1) is 6.20 Å². The maximum absolute atomic E-state index is 10.7. The number of anilines is 1. The van der Waals surface area contributed by atoms with Crippen LogP contribution in [0.2, 0.25) is 0 Å². The fourth-order valence-corrected chi connectivity index (χ4v) is 1.12. The Morgan fingerprint density at radius 2 is 2.54 bits per heavy atom. The average molecular weight is 174 g/mol. The summed E-state index contributed by atoms with van der Waals surface area (Å²) >= 11 is 0. The lowest BCUT2D eigenvalue weighted by atomic mass is 10.5. The third-order valence-corrected chi connectivity index (χ3v) is 1.61. The third kappa shape index (κ3) is 1.51. The van der Waals surface area contributed by atoms with Gasteiger partial charge >= 0.3 is 0 Å². The summed E-state index contributed by atoms with van der Waals surface area (Å²) in [6.45, 7) is 1.45. The van der Waals surface area contributed by atoms with E-state index in [0.29, 0.717) is 5.82 Å². The first-order chi connectivity index (χ1) is 6.25. The highest BCUT2D eigenvalue weighted by molar-refractivity contribution is 5.87. The zero-order valence-electron chi connectivity index (χ0n) is 7.11. The van der Waals surface area contributed by atoms with Crippen molar-refractivity contribution in [3.8, 4) is 0 Å². The predicted molar refractivity (Wildman–Crippen MR) is 48.3 cm³/mol. The van der Waals surface area contributed by atoms with Gasteiger partial charge in [-0.3, -0.25) is 4.79 Å². The summed E-state index contributed by atoms with van der Waals surface area (Å²) in [5.41, 5.74) is 0.794. The highest BCUT2D eigenvalue weighted by Gasteiger charge is 2.00. The zero-order chi connectivity index (χ0) is 9.26. The van der Waals surface area contributed by atoms with Crippen LogP contribution in [0.3, 0.4) is 0 Å². The van der Waals surface area contributed by atoms with Crippen molar-refractivity contribution in [3.05, 3.63) is 30.6 Å². The number of carbonyl (C=O) groups excluding carboxylic acids is 1. The number of aromatic nitrogens is 2. The fourth-order valence-electron chi connectivity index (χ4n) is 1.12. The Morgan fingerprint density at radius 3 is 3.23 bits per heavy atom. The highest BCUT2D eigenvalue weighted by atomic mass is 16.1. The van der Waals surface area contributed by atoms with E-state index in [0.717, 1.165) is 5.65 Å². The van der Waals surface area contributed by atoms with E-state index in [4.69, 9.17) is 0 Å². The average Bonchev–Trinajstić information content (AvgIpc) is 2.44. The van der Waals surface area contributed by atoms with E-state index in [1.54, 1.807) is 22.9 Å². The first-order valence-electron chi connectivity index (χ1n) is 3.88. The van der Waals surface area contributed by atoms with Gasteiger partial charge in [0.1, 0.15) is 5.65 Å². The summed E-state index contributed by atoms with van der Waals surface area (Å²) < 4.78 is 1.80. The highest BCUT2D eigenvalue weighted by Crippen LogP contribution is 2.07. The van der Waals surface area contributed by atoms with Gasteiger partial charge in [0, 0.05) is 13.1 Å². The fraction of sp³-hybridized carbons (Fsp3) is 0.111. The van der Waals surface area contributed by atoms with Crippen molar-refractivity contribution >= 4 is 17.4 Å². The maximum atomic E-state index is 10.7. The first-order valence-corrected chi connectivity index (χ1v) is 3.88. The number of nitrogens with zero attached hydrogens (tertiary/aromatic N) is 2. The quantitative estimate of drug-likeness (QED) is 0.703. The van der Waals surface area contributed by atoms with Crippen LogP contribution in [-0.4, -0.2) is 15.3 Å². The van der Waals surface area contributed by atoms with Crippen molar-refractivity contribution in [3.63, 3.8) is 0 Å². The largest absolute Gasteiger partial charge is 0.310 e. The number of pyridine rings is 1. The molecule has 0 unspecified atom stereocenters. The second-order valence-electron chi connectivity index (χ2n) is 2.70. The monoisotopic (exact) mass is 174 g/mol. The number of fused-ring (bicyclic) bond motifs is 1. The second-order valence-corrected chi connectivity index (χ2v) is 2.70. The topological polar surface area (TPSA) is 46.4 Å². The molecule has 2 aromatic rings. The summed E-state index contributed by atoms with van der Waals surface area (Å²) in [5.74, 6) is 0.444. The minimum absolute atomic E-state index is 0.118. The smallest absolute Gasteiger partial charge is 0.222 e. The minimum Gasteiger partial charge on any atom is -0.310 e. The molecule has 0 aliphatic carbocycles. The van der Waals surface area contributed by atoms with E-state index in [1.165, 1.54) is 6.92 Å². The standard InChI is InChI=1S/C9H8N3O/c1-7(13)10-8-6-12-5-3-2-4-9(12)11-8/h2,4-6H,1H3,(H,10,13). The van der Waals surface area contributed by atoms with Gasteiger partial charge in [-0.05, 0) is 18.2 Å². The van der Waals surface area contributed by atoms with Gasteiger partial charge < -0.3 is 9.72 Å². The molecule has 1 radical (unpaired) electrons. The Labute approximate surface area is 75.2 Å². The van der Waals surface area contributed by atoms with E-state index < -0.39 is 0 Å². The molecule has 0 aliphatic heterocycles. The van der Waals surface area contributed by atoms with Crippen LogP contribution >= 0.6 is 0 Å². The summed E-state index contributed by atoms with van der Waals surface area (Å²) in [6, 6.07) is 6.51. The third-order valence-electron chi connectivity index (χ3n) is 1.61. The van der Waals surface area contributed by atoms with Gasteiger partial charge in [-0.1, -0.05) is 0 Å².